The molecular weight excluding hydrogens is 142 g/mol. The van der Waals surface area contributed by atoms with Crippen LogP contribution < -0.4 is 4.57 Å². The molecule has 1 N–H and O–H groups in total. The largest absolute Gasteiger partial charge is 0.503 e. The first-order valence-electron chi connectivity index (χ1n) is 3.64. The third-order valence-electron chi connectivity index (χ3n) is 1.66. The van der Waals surface area contributed by atoms with Gasteiger partial charge in [0.2, 0.25) is 6.20 Å². The summed E-state index contributed by atoms with van der Waals surface area (Å²) in [7, 11) is 0. The first-order valence-corrected chi connectivity index (χ1v) is 3.64. The number of hydrogen-bond acceptors (Lipinski definition) is 2. The summed E-state index contributed by atoms with van der Waals surface area (Å²) in [6, 6.07) is 3.47. The standard InChI is InChI=1S/C8H9NO2/c10-7-2-1-3-9(4-7)5-8-6-11-8/h1-4,8H,5-6H2/p+1. The molecular formula is C8H10NO2+. The molecule has 11 heavy (non-hydrogen) atoms. The van der Waals surface area contributed by atoms with E-state index in [1.54, 1.807) is 12.3 Å². The molecule has 58 valence electrons. The molecule has 1 saturated heterocycles. The van der Waals surface area contributed by atoms with Crippen molar-refractivity contribution in [2.45, 2.75) is 12.6 Å². The van der Waals surface area contributed by atoms with Crippen LogP contribution in [0.15, 0.2) is 24.5 Å². The lowest BCUT2D eigenvalue weighted by atomic mass is 10.4. The molecule has 0 aromatic carbocycles. The normalized spacial score (nSPS) is 21.6. The van der Waals surface area contributed by atoms with Gasteiger partial charge in [-0.1, -0.05) is 0 Å². The fourth-order valence-electron chi connectivity index (χ4n) is 1.03. The van der Waals surface area contributed by atoms with E-state index in [9.17, 15) is 0 Å². The van der Waals surface area contributed by atoms with Crippen LogP contribution in [0.3, 0.4) is 0 Å². The first kappa shape index (κ1) is 6.61. The van der Waals surface area contributed by atoms with Gasteiger partial charge in [-0.3, -0.25) is 0 Å². The second-order valence-corrected chi connectivity index (χ2v) is 2.71. The SMILES string of the molecule is Oc1ccc[n+](CC2CO2)c1. The van der Waals surface area contributed by atoms with Gasteiger partial charge in [0.1, 0.15) is 6.10 Å². The minimum Gasteiger partial charge on any atom is -0.503 e. The number of pyridine rings is 1. The Morgan fingerprint density at radius 3 is 3.18 bits per heavy atom. The maximum Gasteiger partial charge on any atom is 0.211 e. The molecule has 0 aliphatic carbocycles. The molecule has 3 nitrogen and oxygen atoms in total. The van der Waals surface area contributed by atoms with Gasteiger partial charge in [0.05, 0.1) is 6.61 Å². The molecule has 0 radical (unpaired) electrons. The highest BCUT2D eigenvalue weighted by Crippen LogP contribution is 2.08. The number of rotatable bonds is 2. The number of ether oxygens (including phenoxy) is 1. The molecule has 2 rings (SSSR count). The summed E-state index contributed by atoms with van der Waals surface area (Å²) in [5.74, 6) is 0.299. The van der Waals surface area contributed by atoms with Crippen molar-refractivity contribution in [3.8, 4) is 5.75 Å². The molecule has 0 spiro atoms. The van der Waals surface area contributed by atoms with Crippen molar-refractivity contribution < 1.29 is 14.4 Å². The molecule has 1 aliphatic rings. The average Bonchev–Trinajstić information content (AvgIpc) is 2.71. The number of aromatic hydroxyl groups is 1. The minimum absolute atomic E-state index is 0.299. The lowest BCUT2D eigenvalue weighted by molar-refractivity contribution is -0.698. The van der Waals surface area contributed by atoms with Crippen molar-refractivity contribution in [1.82, 2.24) is 0 Å². The smallest absolute Gasteiger partial charge is 0.211 e. The van der Waals surface area contributed by atoms with Crippen molar-refractivity contribution in [3.05, 3.63) is 24.5 Å². The van der Waals surface area contributed by atoms with Gasteiger partial charge in [-0.05, 0) is 6.07 Å². The Bertz CT molecular complexity index is 258. The Kier molecular flexibility index (Phi) is 1.51. The second kappa shape index (κ2) is 2.51. The van der Waals surface area contributed by atoms with E-state index in [-0.39, 0.29) is 0 Å². The predicted octanol–water partition coefficient (Wildman–Crippen LogP) is 0.0785. The van der Waals surface area contributed by atoms with E-state index in [4.69, 9.17) is 9.84 Å². The molecule has 0 bridgehead atoms. The van der Waals surface area contributed by atoms with Crippen LogP contribution in [0.4, 0.5) is 0 Å². The number of hydrogen-bond donors (Lipinski definition) is 1. The van der Waals surface area contributed by atoms with Gasteiger partial charge < -0.3 is 9.84 Å². The molecule has 0 saturated carbocycles. The van der Waals surface area contributed by atoms with Gasteiger partial charge in [0.25, 0.3) is 0 Å². The zero-order valence-electron chi connectivity index (χ0n) is 6.10. The first-order chi connectivity index (χ1) is 5.34. The lowest BCUT2D eigenvalue weighted by Crippen LogP contribution is -2.35. The van der Waals surface area contributed by atoms with Gasteiger partial charge in [-0.15, -0.1) is 0 Å². The third kappa shape index (κ3) is 1.68. The van der Waals surface area contributed by atoms with Gasteiger partial charge in [0, 0.05) is 6.07 Å². The van der Waals surface area contributed by atoms with Crippen LogP contribution in [-0.4, -0.2) is 17.8 Å². The highest BCUT2D eigenvalue weighted by Gasteiger charge is 2.26. The molecule has 1 atom stereocenters. The van der Waals surface area contributed by atoms with E-state index < -0.39 is 0 Å². The van der Waals surface area contributed by atoms with E-state index >= 15 is 0 Å². The molecule has 3 heteroatoms. The maximum atomic E-state index is 9.08. The van der Waals surface area contributed by atoms with E-state index in [2.05, 4.69) is 0 Å². The Labute approximate surface area is 64.9 Å². The van der Waals surface area contributed by atoms with Crippen molar-refractivity contribution in [3.63, 3.8) is 0 Å². The third-order valence-corrected chi connectivity index (χ3v) is 1.66. The van der Waals surface area contributed by atoms with Crippen molar-refractivity contribution in [1.29, 1.82) is 0 Å². The van der Waals surface area contributed by atoms with Crippen molar-refractivity contribution >= 4 is 0 Å². The topological polar surface area (TPSA) is 36.6 Å². The van der Waals surface area contributed by atoms with E-state index in [0.29, 0.717) is 11.9 Å². The Morgan fingerprint density at radius 2 is 2.55 bits per heavy atom. The summed E-state index contributed by atoms with van der Waals surface area (Å²) < 4.78 is 6.97. The number of epoxide rings is 1. The predicted molar refractivity (Wildman–Crippen MR) is 38.0 cm³/mol. The molecule has 1 aliphatic heterocycles. The van der Waals surface area contributed by atoms with Crippen molar-refractivity contribution in [2.75, 3.05) is 6.61 Å². The Balaban J connectivity index is 2.10. The van der Waals surface area contributed by atoms with Crippen LogP contribution in [0.2, 0.25) is 0 Å². The molecule has 1 fully saturated rings. The Hall–Kier alpha value is -1.09. The highest BCUT2D eigenvalue weighted by atomic mass is 16.6. The second-order valence-electron chi connectivity index (χ2n) is 2.71. The summed E-state index contributed by atoms with van der Waals surface area (Å²) in [5, 5.41) is 9.08. The highest BCUT2D eigenvalue weighted by molar-refractivity contribution is 5.09. The zero-order chi connectivity index (χ0) is 7.68. The number of aromatic nitrogens is 1. The summed E-state index contributed by atoms with van der Waals surface area (Å²) >= 11 is 0. The molecule has 1 unspecified atom stereocenters. The van der Waals surface area contributed by atoms with E-state index in [1.807, 2.05) is 16.8 Å². The summed E-state index contributed by atoms with van der Waals surface area (Å²) in [4.78, 5) is 0. The van der Waals surface area contributed by atoms with E-state index in [0.717, 1.165) is 13.2 Å². The van der Waals surface area contributed by atoms with Gasteiger partial charge in [-0.2, -0.15) is 4.57 Å². The van der Waals surface area contributed by atoms with Crippen molar-refractivity contribution in [2.24, 2.45) is 0 Å². The summed E-state index contributed by atoms with van der Waals surface area (Å²) in [5.41, 5.74) is 0. The van der Waals surface area contributed by atoms with Crippen LogP contribution in [0.5, 0.6) is 5.75 Å². The van der Waals surface area contributed by atoms with Crippen LogP contribution in [-0.2, 0) is 11.3 Å². The quantitative estimate of drug-likeness (QED) is 0.481. The minimum atomic E-state index is 0.299. The Morgan fingerprint density at radius 1 is 1.73 bits per heavy atom. The van der Waals surface area contributed by atoms with Crippen LogP contribution in [0, 0.1) is 0 Å². The van der Waals surface area contributed by atoms with Crippen LogP contribution in [0.25, 0.3) is 0 Å². The van der Waals surface area contributed by atoms with Gasteiger partial charge >= 0.3 is 0 Å². The zero-order valence-corrected chi connectivity index (χ0v) is 6.10. The van der Waals surface area contributed by atoms with E-state index in [1.165, 1.54) is 0 Å². The monoisotopic (exact) mass is 152 g/mol. The lowest BCUT2D eigenvalue weighted by Gasteiger charge is -1.92. The molecule has 1 aromatic rings. The number of nitrogens with zero attached hydrogens (tertiary/aromatic N) is 1. The van der Waals surface area contributed by atoms with Gasteiger partial charge in [-0.25, -0.2) is 0 Å². The molecule has 1 aromatic heterocycles. The van der Waals surface area contributed by atoms with Gasteiger partial charge in [0.15, 0.2) is 18.5 Å². The molecule has 0 amide bonds. The average molecular weight is 152 g/mol. The van der Waals surface area contributed by atoms with Crippen LogP contribution >= 0.6 is 0 Å². The maximum absolute atomic E-state index is 9.08. The summed E-state index contributed by atoms with van der Waals surface area (Å²) in [6.45, 7) is 1.69. The summed E-state index contributed by atoms with van der Waals surface area (Å²) in [6.07, 6.45) is 3.98. The fourth-order valence-corrected chi connectivity index (χ4v) is 1.03. The van der Waals surface area contributed by atoms with Crippen LogP contribution in [0.1, 0.15) is 0 Å². The fraction of sp³-hybridized carbons (Fsp3) is 0.375. The molecule has 2 heterocycles.